The van der Waals surface area contributed by atoms with E-state index < -0.39 is 0 Å². The van der Waals surface area contributed by atoms with Gasteiger partial charge < -0.3 is 30.6 Å². The average molecular weight is 515 g/mol. The zero-order chi connectivity index (χ0) is 27.6. The maximum absolute atomic E-state index is 10.9. The molecule has 0 aliphatic rings. The predicted octanol–water partition coefficient (Wildman–Crippen LogP) is 6.65. The van der Waals surface area contributed by atoms with Crippen molar-refractivity contribution >= 4 is 0 Å². The molecular weight excluding hydrogens is 480 g/mol. The molecule has 4 aromatic carbocycles. The topological polar surface area (TPSA) is 121 Å². The van der Waals surface area contributed by atoms with E-state index in [1.54, 1.807) is 36.4 Å². The quantitative estimate of drug-likeness (QED) is 0.157. The van der Waals surface area contributed by atoms with E-state index in [0.717, 1.165) is 28.7 Å². The molecular formula is C32H34O6. The van der Waals surface area contributed by atoms with Crippen LogP contribution < -0.4 is 0 Å². The van der Waals surface area contributed by atoms with Crippen LogP contribution in [0.4, 0.5) is 0 Å². The second kappa shape index (κ2) is 11.0. The molecule has 0 bridgehead atoms. The first-order chi connectivity index (χ1) is 18.1. The lowest BCUT2D eigenvalue weighted by Gasteiger charge is -2.22. The SMILES string of the molecule is CCCC(c1cc(Cc2ccc(O)c(C)c2)c(O)cc1O)c1cc(Cc2ccc(O)c(C)c2)c(O)cc1O. The molecule has 0 radical (unpaired) electrons. The fourth-order valence-corrected chi connectivity index (χ4v) is 4.99. The summed E-state index contributed by atoms with van der Waals surface area (Å²) in [7, 11) is 0. The number of phenolic OH excluding ortho intramolecular Hbond substituents is 6. The molecule has 0 aromatic heterocycles. The lowest BCUT2D eigenvalue weighted by atomic mass is 9.83. The van der Waals surface area contributed by atoms with E-state index in [1.165, 1.54) is 12.1 Å². The van der Waals surface area contributed by atoms with Crippen LogP contribution >= 0.6 is 0 Å². The smallest absolute Gasteiger partial charge is 0.123 e. The highest BCUT2D eigenvalue weighted by Gasteiger charge is 2.24. The minimum Gasteiger partial charge on any atom is -0.508 e. The van der Waals surface area contributed by atoms with E-state index in [9.17, 15) is 30.6 Å². The number of hydrogen-bond acceptors (Lipinski definition) is 6. The van der Waals surface area contributed by atoms with E-state index in [2.05, 4.69) is 0 Å². The van der Waals surface area contributed by atoms with Crippen molar-refractivity contribution < 1.29 is 30.6 Å². The molecule has 0 spiro atoms. The van der Waals surface area contributed by atoms with Gasteiger partial charge in [0.25, 0.3) is 0 Å². The van der Waals surface area contributed by atoms with Crippen molar-refractivity contribution in [3.63, 3.8) is 0 Å². The molecule has 198 valence electrons. The zero-order valence-corrected chi connectivity index (χ0v) is 21.9. The highest BCUT2D eigenvalue weighted by atomic mass is 16.3. The molecule has 0 atom stereocenters. The fraction of sp³-hybridized carbons (Fsp3) is 0.250. The Balaban J connectivity index is 1.75. The van der Waals surface area contributed by atoms with E-state index in [4.69, 9.17) is 0 Å². The summed E-state index contributed by atoms with van der Waals surface area (Å²) in [6, 6.07) is 16.7. The molecule has 0 aliphatic heterocycles. The average Bonchev–Trinajstić information content (AvgIpc) is 2.86. The molecule has 38 heavy (non-hydrogen) atoms. The number of aromatic hydroxyl groups is 6. The van der Waals surface area contributed by atoms with E-state index in [1.807, 2.05) is 32.9 Å². The minimum absolute atomic E-state index is 0.0365. The van der Waals surface area contributed by atoms with Gasteiger partial charge in [-0.15, -0.1) is 0 Å². The van der Waals surface area contributed by atoms with Gasteiger partial charge in [0.1, 0.15) is 34.5 Å². The van der Waals surface area contributed by atoms with Crippen molar-refractivity contribution in [2.24, 2.45) is 0 Å². The Morgan fingerprint density at radius 3 is 1.32 bits per heavy atom. The van der Waals surface area contributed by atoms with Crippen molar-refractivity contribution in [1.82, 2.24) is 0 Å². The first kappa shape index (κ1) is 26.7. The van der Waals surface area contributed by atoms with Gasteiger partial charge in [0.05, 0.1) is 0 Å². The highest BCUT2D eigenvalue weighted by molar-refractivity contribution is 5.56. The minimum atomic E-state index is -0.387. The van der Waals surface area contributed by atoms with Crippen LogP contribution in [0, 0.1) is 13.8 Å². The van der Waals surface area contributed by atoms with Crippen molar-refractivity contribution in [3.05, 3.63) is 105 Å². The molecule has 6 N–H and O–H groups in total. The molecule has 4 aromatic rings. The van der Waals surface area contributed by atoms with Crippen molar-refractivity contribution in [3.8, 4) is 34.5 Å². The third-order valence-corrected chi connectivity index (χ3v) is 7.10. The summed E-state index contributed by atoms with van der Waals surface area (Å²) in [5.74, 6) is -0.204. The Morgan fingerprint density at radius 2 is 0.947 bits per heavy atom. The van der Waals surface area contributed by atoms with Crippen LogP contribution in [0.5, 0.6) is 34.5 Å². The third-order valence-electron chi connectivity index (χ3n) is 7.10. The van der Waals surface area contributed by atoms with Crippen LogP contribution in [0.1, 0.15) is 70.2 Å². The molecule has 0 unspecified atom stereocenters. The van der Waals surface area contributed by atoms with E-state index in [-0.39, 0.29) is 40.4 Å². The summed E-state index contributed by atoms with van der Waals surface area (Å²) in [6.07, 6.45) is 2.18. The summed E-state index contributed by atoms with van der Waals surface area (Å²) in [5, 5.41) is 62.7. The van der Waals surface area contributed by atoms with Crippen LogP contribution in [0.3, 0.4) is 0 Å². The molecule has 0 aliphatic carbocycles. The van der Waals surface area contributed by atoms with Crippen LogP contribution in [-0.2, 0) is 12.8 Å². The van der Waals surface area contributed by atoms with Gasteiger partial charge in [-0.25, -0.2) is 0 Å². The summed E-state index contributed by atoms with van der Waals surface area (Å²) in [4.78, 5) is 0. The second-order valence-corrected chi connectivity index (χ2v) is 10.0. The molecule has 6 heteroatoms. The molecule has 0 saturated heterocycles. The van der Waals surface area contributed by atoms with Crippen LogP contribution in [0.25, 0.3) is 0 Å². The number of hydrogen-bond donors (Lipinski definition) is 6. The molecule has 0 amide bonds. The van der Waals surface area contributed by atoms with Gasteiger partial charge in [-0.2, -0.15) is 0 Å². The molecule has 0 heterocycles. The Kier molecular flexibility index (Phi) is 7.72. The first-order valence-corrected chi connectivity index (χ1v) is 12.7. The maximum atomic E-state index is 10.9. The summed E-state index contributed by atoms with van der Waals surface area (Å²) < 4.78 is 0. The van der Waals surface area contributed by atoms with Crippen molar-refractivity contribution in [1.29, 1.82) is 0 Å². The Hall–Kier alpha value is -4.32. The van der Waals surface area contributed by atoms with E-state index >= 15 is 0 Å². The van der Waals surface area contributed by atoms with Crippen molar-refractivity contribution in [2.45, 2.75) is 52.4 Å². The van der Waals surface area contributed by atoms with Gasteiger partial charge in [0.2, 0.25) is 0 Å². The number of phenols is 6. The number of aryl methyl sites for hydroxylation is 2. The fourth-order valence-electron chi connectivity index (χ4n) is 4.99. The van der Waals surface area contributed by atoms with E-state index in [0.29, 0.717) is 41.5 Å². The molecule has 6 nitrogen and oxygen atoms in total. The van der Waals surface area contributed by atoms with Crippen LogP contribution in [0.15, 0.2) is 60.7 Å². The van der Waals surface area contributed by atoms with Crippen LogP contribution in [0.2, 0.25) is 0 Å². The third kappa shape index (κ3) is 5.65. The lowest BCUT2D eigenvalue weighted by Crippen LogP contribution is -2.05. The maximum Gasteiger partial charge on any atom is 0.123 e. The van der Waals surface area contributed by atoms with Gasteiger partial charge in [0, 0.05) is 42.0 Å². The Bertz CT molecular complexity index is 1360. The summed E-state index contributed by atoms with van der Waals surface area (Å²) in [5.41, 5.74) is 5.64. The van der Waals surface area contributed by atoms with Gasteiger partial charge in [-0.1, -0.05) is 37.6 Å². The normalized spacial score (nSPS) is 11.3. The van der Waals surface area contributed by atoms with Gasteiger partial charge in [-0.05, 0) is 77.9 Å². The standard InChI is InChI=1S/C32H34O6/c1-4-5-24(25-14-22(29(35)16-31(25)37)12-20-6-8-27(33)18(2)10-20)26-15-23(30(36)17-32(26)38)13-21-7-9-28(34)19(3)11-21/h6-11,14-17,24,33-38H,4-5,12-13H2,1-3H3. The second-order valence-electron chi connectivity index (χ2n) is 10.0. The lowest BCUT2D eigenvalue weighted by molar-refractivity contribution is 0.431. The van der Waals surface area contributed by atoms with Gasteiger partial charge in [-0.3, -0.25) is 0 Å². The zero-order valence-electron chi connectivity index (χ0n) is 21.9. The summed E-state index contributed by atoms with van der Waals surface area (Å²) >= 11 is 0. The highest BCUT2D eigenvalue weighted by Crippen LogP contribution is 2.43. The number of benzene rings is 4. The molecule has 0 fully saturated rings. The van der Waals surface area contributed by atoms with Crippen LogP contribution in [-0.4, -0.2) is 30.6 Å². The molecule has 0 saturated carbocycles. The Morgan fingerprint density at radius 1 is 0.526 bits per heavy atom. The largest absolute Gasteiger partial charge is 0.508 e. The monoisotopic (exact) mass is 514 g/mol. The van der Waals surface area contributed by atoms with Gasteiger partial charge >= 0.3 is 0 Å². The van der Waals surface area contributed by atoms with Gasteiger partial charge in [0.15, 0.2) is 0 Å². The predicted molar refractivity (Wildman–Crippen MR) is 148 cm³/mol. The summed E-state index contributed by atoms with van der Waals surface area (Å²) in [6.45, 7) is 5.63. The Labute approximate surface area is 222 Å². The molecule has 4 rings (SSSR count). The number of rotatable bonds is 8. The van der Waals surface area contributed by atoms with Crippen molar-refractivity contribution in [2.75, 3.05) is 0 Å². The first-order valence-electron chi connectivity index (χ1n) is 12.7.